The highest BCUT2D eigenvalue weighted by Gasteiger charge is 2.16. The second kappa shape index (κ2) is 3.49. The lowest BCUT2D eigenvalue weighted by atomic mass is 10.1. The number of nitrogens with two attached hydrogens (primary N) is 2. The molecule has 0 aliphatic heterocycles. The molecule has 1 atom stereocenters. The predicted molar refractivity (Wildman–Crippen MR) is 42.5 cm³/mol. The number of primary amides is 1. The van der Waals surface area contributed by atoms with E-state index in [2.05, 4.69) is 0 Å². The van der Waals surface area contributed by atoms with Gasteiger partial charge in [-0.15, -0.1) is 0 Å². The van der Waals surface area contributed by atoms with Crippen molar-refractivity contribution in [3.8, 4) is 0 Å². The number of hydrogen-bond donors (Lipinski definition) is 2. The van der Waals surface area contributed by atoms with Gasteiger partial charge in [0.25, 0.3) is 0 Å². The van der Waals surface area contributed by atoms with Crippen LogP contribution in [0.1, 0.15) is 11.6 Å². The Balaban J connectivity index is 3.12. The molecule has 1 rings (SSSR count). The molecule has 1 amide bonds. The Kier molecular flexibility index (Phi) is 2.57. The maximum Gasteiger partial charge on any atom is 0.239 e. The standard InChI is InChI=1S/C8H8F2N2O/c9-4-1-2-6(10)5(3-4)7(11)8(12)13/h1-3,7H,11H2,(H2,12,13). The molecule has 1 unspecified atom stereocenters. The summed E-state index contributed by atoms with van der Waals surface area (Å²) < 4.78 is 25.5. The fourth-order valence-corrected chi connectivity index (χ4v) is 0.906. The van der Waals surface area contributed by atoms with Crippen LogP contribution in [0.4, 0.5) is 8.78 Å². The van der Waals surface area contributed by atoms with Crippen molar-refractivity contribution in [3.63, 3.8) is 0 Å². The Labute approximate surface area is 73.3 Å². The summed E-state index contributed by atoms with van der Waals surface area (Å²) in [6, 6.07) is 1.38. The third kappa shape index (κ3) is 2.00. The molecule has 0 radical (unpaired) electrons. The van der Waals surface area contributed by atoms with E-state index < -0.39 is 23.6 Å². The second-order valence-corrected chi connectivity index (χ2v) is 2.55. The van der Waals surface area contributed by atoms with Crippen molar-refractivity contribution in [2.45, 2.75) is 6.04 Å². The quantitative estimate of drug-likeness (QED) is 0.704. The van der Waals surface area contributed by atoms with Crippen molar-refractivity contribution >= 4 is 5.91 Å². The zero-order chi connectivity index (χ0) is 10.0. The number of hydrogen-bond acceptors (Lipinski definition) is 2. The van der Waals surface area contributed by atoms with E-state index in [1.54, 1.807) is 0 Å². The summed E-state index contributed by atoms with van der Waals surface area (Å²) in [6.45, 7) is 0. The topological polar surface area (TPSA) is 69.1 Å². The normalized spacial score (nSPS) is 12.5. The van der Waals surface area contributed by atoms with Crippen LogP contribution in [-0.2, 0) is 4.79 Å². The van der Waals surface area contributed by atoms with Crippen molar-refractivity contribution in [3.05, 3.63) is 35.4 Å². The molecule has 5 heteroatoms. The molecule has 13 heavy (non-hydrogen) atoms. The van der Waals surface area contributed by atoms with Crippen molar-refractivity contribution in [1.82, 2.24) is 0 Å². The predicted octanol–water partition coefficient (Wildman–Crippen LogP) is 0.450. The first-order chi connectivity index (χ1) is 6.02. The van der Waals surface area contributed by atoms with Crippen molar-refractivity contribution in [1.29, 1.82) is 0 Å². The first kappa shape index (κ1) is 9.60. The van der Waals surface area contributed by atoms with E-state index in [4.69, 9.17) is 11.5 Å². The van der Waals surface area contributed by atoms with Gasteiger partial charge in [-0.3, -0.25) is 4.79 Å². The van der Waals surface area contributed by atoms with Gasteiger partial charge in [-0.25, -0.2) is 8.78 Å². The smallest absolute Gasteiger partial charge is 0.239 e. The van der Waals surface area contributed by atoms with Crippen LogP contribution in [0.2, 0.25) is 0 Å². The van der Waals surface area contributed by atoms with Gasteiger partial charge in [0.1, 0.15) is 17.7 Å². The molecule has 0 heterocycles. The molecule has 0 aliphatic carbocycles. The minimum Gasteiger partial charge on any atom is -0.368 e. The lowest BCUT2D eigenvalue weighted by Gasteiger charge is -2.08. The number of carbonyl (C=O) groups excluding carboxylic acids is 1. The largest absolute Gasteiger partial charge is 0.368 e. The molecule has 3 nitrogen and oxygen atoms in total. The Morgan fingerprint density at radius 2 is 2.00 bits per heavy atom. The average Bonchev–Trinajstić information content (AvgIpc) is 2.08. The van der Waals surface area contributed by atoms with E-state index >= 15 is 0 Å². The molecule has 1 aromatic rings. The van der Waals surface area contributed by atoms with E-state index in [1.165, 1.54) is 0 Å². The number of rotatable bonds is 2. The maximum atomic E-state index is 12.9. The highest BCUT2D eigenvalue weighted by molar-refractivity contribution is 5.81. The van der Waals surface area contributed by atoms with Crippen LogP contribution in [0.3, 0.4) is 0 Å². The zero-order valence-electron chi connectivity index (χ0n) is 6.63. The highest BCUT2D eigenvalue weighted by Crippen LogP contribution is 2.15. The van der Waals surface area contributed by atoms with E-state index in [1.807, 2.05) is 0 Å². The van der Waals surface area contributed by atoms with Gasteiger partial charge >= 0.3 is 0 Å². The monoisotopic (exact) mass is 186 g/mol. The van der Waals surface area contributed by atoms with Crippen LogP contribution in [0, 0.1) is 11.6 Å². The lowest BCUT2D eigenvalue weighted by molar-refractivity contribution is -0.119. The van der Waals surface area contributed by atoms with Crippen LogP contribution in [0.25, 0.3) is 0 Å². The Morgan fingerprint density at radius 1 is 1.38 bits per heavy atom. The van der Waals surface area contributed by atoms with Crippen molar-refractivity contribution < 1.29 is 13.6 Å². The van der Waals surface area contributed by atoms with Crippen LogP contribution >= 0.6 is 0 Å². The molecule has 0 saturated carbocycles. The fourth-order valence-electron chi connectivity index (χ4n) is 0.906. The van der Waals surface area contributed by atoms with Gasteiger partial charge in [0.05, 0.1) is 0 Å². The minimum absolute atomic E-state index is 0.229. The molecule has 0 bridgehead atoms. The van der Waals surface area contributed by atoms with E-state index in [-0.39, 0.29) is 5.56 Å². The number of benzene rings is 1. The van der Waals surface area contributed by atoms with Gasteiger partial charge in [0, 0.05) is 5.56 Å². The van der Waals surface area contributed by atoms with E-state index in [9.17, 15) is 13.6 Å². The van der Waals surface area contributed by atoms with Gasteiger partial charge < -0.3 is 11.5 Å². The highest BCUT2D eigenvalue weighted by atomic mass is 19.1. The minimum atomic E-state index is -1.31. The summed E-state index contributed by atoms with van der Waals surface area (Å²) >= 11 is 0. The summed E-state index contributed by atoms with van der Waals surface area (Å²) in [5.74, 6) is -2.30. The summed E-state index contributed by atoms with van der Waals surface area (Å²) in [5.41, 5.74) is 9.83. The molecule has 0 aliphatic rings. The average molecular weight is 186 g/mol. The molecule has 0 saturated heterocycles. The third-order valence-electron chi connectivity index (χ3n) is 1.60. The lowest BCUT2D eigenvalue weighted by Crippen LogP contribution is -2.29. The number of amides is 1. The zero-order valence-corrected chi connectivity index (χ0v) is 6.63. The molecule has 1 aromatic carbocycles. The maximum absolute atomic E-state index is 12.9. The van der Waals surface area contributed by atoms with Crippen molar-refractivity contribution in [2.75, 3.05) is 0 Å². The molecule has 70 valence electrons. The van der Waals surface area contributed by atoms with Crippen molar-refractivity contribution in [2.24, 2.45) is 11.5 Å². The second-order valence-electron chi connectivity index (χ2n) is 2.55. The number of carbonyl (C=O) groups is 1. The molecule has 0 aromatic heterocycles. The number of halogens is 2. The summed E-state index contributed by atoms with van der Waals surface area (Å²) in [4.78, 5) is 10.6. The van der Waals surface area contributed by atoms with Gasteiger partial charge in [-0.1, -0.05) is 0 Å². The van der Waals surface area contributed by atoms with Crippen LogP contribution in [0.5, 0.6) is 0 Å². The Hall–Kier alpha value is -1.49. The third-order valence-corrected chi connectivity index (χ3v) is 1.60. The summed E-state index contributed by atoms with van der Waals surface area (Å²) in [6.07, 6.45) is 0. The summed E-state index contributed by atoms with van der Waals surface area (Å²) in [7, 11) is 0. The fraction of sp³-hybridized carbons (Fsp3) is 0.125. The van der Waals surface area contributed by atoms with Gasteiger partial charge in [-0.05, 0) is 18.2 Å². The Bertz CT molecular complexity index is 341. The van der Waals surface area contributed by atoms with E-state index in [0.717, 1.165) is 18.2 Å². The summed E-state index contributed by atoms with van der Waals surface area (Å²) in [5, 5.41) is 0. The SMILES string of the molecule is NC(=O)C(N)c1cc(F)ccc1F. The van der Waals surface area contributed by atoms with E-state index in [0.29, 0.717) is 0 Å². The molecule has 0 fully saturated rings. The molecule has 4 N–H and O–H groups in total. The molecular formula is C8H8F2N2O. The van der Waals surface area contributed by atoms with Gasteiger partial charge in [-0.2, -0.15) is 0 Å². The van der Waals surface area contributed by atoms with Crippen LogP contribution in [0.15, 0.2) is 18.2 Å². The first-order valence-corrected chi connectivity index (χ1v) is 3.52. The Morgan fingerprint density at radius 3 is 2.54 bits per heavy atom. The first-order valence-electron chi connectivity index (χ1n) is 3.52. The molecule has 0 spiro atoms. The van der Waals surface area contributed by atoms with Crippen LogP contribution < -0.4 is 11.5 Å². The molecular weight excluding hydrogens is 178 g/mol. The van der Waals surface area contributed by atoms with Gasteiger partial charge in [0.2, 0.25) is 5.91 Å². The van der Waals surface area contributed by atoms with Gasteiger partial charge in [0.15, 0.2) is 0 Å². The van der Waals surface area contributed by atoms with Crippen LogP contribution in [-0.4, -0.2) is 5.91 Å².